The van der Waals surface area contributed by atoms with Gasteiger partial charge in [0.25, 0.3) is 5.91 Å². The van der Waals surface area contributed by atoms with Crippen LogP contribution in [0.15, 0.2) is 36.9 Å². The third-order valence-electron chi connectivity index (χ3n) is 5.73. The number of hydrogen-bond donors (Lipinski definition) is 1. The molecule has 0 aliphatic carbocycles. The normalized spacial score (nSPS) is 16.0. The second kappa shape index (κ2) is 8.64. The van der Waals surface area contributed by atoms with Gasteiger partial charge >= 0.3 is 0 Å². The molecule has 1 aliphatic heterocycles. The number of aryl methyl sites for hydroxylation is 2. The molecule has 4 heterocycles. The first kappa shape index (κ1) is 21.9. The third kappa shape index (κ3) is 4.61. The van der Waals surface area contributed by atoms with Crippen LogP contribution in [0, 0.1) is 13.8 Å². The minimum absolute atomic E-state index is 0.139. The largest absolute Gasteiger partial charge is 0.356 e. The van der Waals surface area contributed by atoms with Crippen LogP contribution in [0.1, 0.15) is 40.9 Å². The highest BCUT2D eigenvalue weighted by atomic mass is 19.3. The number of nitrogens with one attached hydrogen (secondary N) is 1. The van der Waals surface area contributed by atoms with Gasteiger partial charge in [0.1, 0.15) is 5.82 Å². The Balaban J connectivity index is 1.77. The first-order chi connectivity index (χ1) is 15.2. The molecule has 1 amide bonds. The highest BCUT2D eigenvalue weighted by Crippen LogP contribution is 2.34. The molecule has 3 aromatic heterocycles. The summed E-state index contributed by atoms with van der Waals surface area (Å²) in [6.45, 7) is 4.25. The van der Waals surface area contributed by atoms with Crippen LogP contribution < -0.4 is 10.2 Å². The molecule has 1 aliphatic rings. The summed E-state index contributed by atoms with van der Waals surface area (Å²) >= 11 is 0. The number of anilines is 2. The summed E-state index contributed by atoms with van der Waals surface area (Å²) in [7, 11) is 1.82. The van der Waals surface area contributed by atoms with Gasteiger partial charge in [-0.25, -0.2) is 13.8 Å². The van der Waals surface area contributed by atoms with Crippen LogP contribution >= 0.6 is 0 Å². The zero-order chi connectivity index (χ0) is 22.9. The molecule has 0 spiro atoms. The van der Waals surface area contributed by atoms with Crippen molar-refractivity contribution < 1.29 is 13.6 Å². The fraction of sp³-hybridized carbons (Fsp3) is 0.391. The second-order valence-electron chi connectivity index (χ2n) is 8.23. The lowest BCUT2D eigenvalue weighted by Gasteiger charge is -2.25. The van der Waals surface area contributed by atoms with E-state index in [0.29, 0.717) is 30.0 Å². The number of aromatic nitrogens is 4. The second-order valence-corrected chi connectivity index (χ2v) is 8.23. The van der Waals surface area contributed by atoms with Gasteiger partial charge in [0, 0.05) is 74.1 Å². The van der Waals surface area contributed by atoms with Crippen molar-refractivity contribution in [3.8, 4) is 11.1 Å². The lowest BCUT2D eigenvalue weighted by atomic mass is 9.99. The van der Waals surface area contributed by atoms with Gasteiger partial charge in [-0.3, -0.25) is 14.5 Å². The Bertz CT molecular complexity index is 1140. The molecule has 1 saturated heterocycles. The van der Waals surface area contributed by atoms with Crippen LogP contribution in [0.2, 0.25) is 0 Å². The SMILES string of the molecule is Cc1cc(NC(=O)c2c(N3CCCC(F)(F)CC3)ncc(-c3cnn(C)c3)c2C)ccn1. The maximum atomic E-state index is 14.0. The maximum absolute atomic E-state index is 14.0. The number of rotatable bonds is 4. The molecular formula is C23H26F2N6O. The molecule has 168 valence electrons. The van der Waals surface area contributed by atoms with E-state index >= 15 is 0 Å². The Morgan fingerprint density at radius 1 is 1.16 bits per heavy atom. The highest BCUT2D eigenvalue weighted by molar-refractivity contribution is 6.09. The van der Waals surface area contributed by atoms with E-state index in [1.54, 1.807) is 40.3 Å². The van der Waals surface area contributed by atoms with E-state index in [1.165, 1.54) is 0 Å². The molecule has 3 aromatic rings. The summed E-state index contributed by atoms with van der Waals surface area (Å²) in [6.07, 6.45) is 6.80. The first-order valence-electron chi connectivity index (χ1n) is 10.6. The molecule has 0 bridgehead atoms. The summed E-state index contributed by atoms with van der Waals surface area (Å²) in [4.78, 5) is 24.0. The fourth-order valence-electron chi connectivity index (χ4n) is 4.04. The number of carbonyl (C=O) groups is 1. The average molecular weight is 440 g/mol. The van der Waals surface area contributed by atoms with Crippen LogP contribution in [-0.2, 0) is 7.05 Å². The molecule has 0 unspecified atom stereocenters. The van der Waals surface area contributed by atoms with Crippen molar-refractivity contribution >= 4 is 17.4 Å². The van der Waals surface area contributed by atoms with E-state index in [2.05, 4.69) is 20.4 Å². The smallest absolute Gasteiger partial charge is 0.259 e. The Labute approximate surface area is 185 Å². The van der Waals surface area contributed by atoms with Crippen molar-refractivity contribution in [1.29, 1.82) is 0 Å². The zero-order valence-electron chi connectivity index (χ0n) is 18.4. The molecule has 4 rings (SSSR count). The van der Waals surface area contributed by atoms with Crippen molar-refractivity contribution in [2.45, 2.75) is 39.0 Å². The predicted molar refractivity (Wildman–Crippen MR) is 119 cm³/mol. The van der Waals surface area contributed by atoms with Crippen LogP contribution in [0.5, 0.6) is 0 Å². The fourth-order valence-corrected chi connectivity index (χ4v) is 4.04. The Morgan fingerprint density at radius 2 is 1.97 bits per heavy atom. The Kier molecular flexibility index (Phi) is 5.90. The van der Waals surface area contributed by atoms with Crippen LogP contribution in [-0.4, -0.2) is 44.7 Å². The van der Waals surface area contributed by atoms with Crippen molar-refractivity contribution in [2.75, 3.05) is 23.3 Å². The molecule has 0 radical (unpaired) electrons. The molecule has 0 atom stereocenters. The summed E-state index contributed by atoms with van der Waals surface area (Å²) in [5.74, 6) is -2.61. The molecule has 32 heavy (non-hydrogen) atoms. The van der Waals surface area contributed by atoms with E-state index in [-0.39, 0.29) is 25.3 Å². The molecule has 0 saturated carbocycles. The lowest BCUT2D eigenvalue weighted by Crippen LogP contribution is -2.30. The molecule has 9 heteroatoms. The van der Waals surface area contributed by atoms with Crippen LogP contribution in [0.4, 0.5) is 20.3 Å². The topological polar surface area (TPSA) is 75.9 Å². The maximum Gasteiger partial charge on any atom is 0.259 e. The van der Waals surface area contributed by atoms with Crippen molar-refractivity contribution in [3.05, 3.63) is 53.7 Å². The standard InChI is InChI=1S/C23H26F2N6O/c1-15-11-18(5-8-26-15)29-22(32)20-16(2)19(17-12-28-30(3)14-17)13-27-21(20)31-9-4-6-23(24,25)7-10-31/h5,8,11-14H,4,6-7,9-10H2,1-3H3,(H,26,29,32). The summed E-state index contributed by atoms with van der Waals surface area (Å²) in [5, 5.41) is 7.13. The molecular weight excluding hydrogens is 414 g/mol. The van der Waals surface area contributed by atoms with E-state index in [0.717, 1.165) is 22.4 Å². The van der Waals surface area contributed by atoms with E-state index in [1.807, 2.05) is 27.1 Å². The molecule has 1 fully saturated rings. The van der Waals surface area contributed by atoms with Crippen molar-refractivity contribution in [3.63, 3.8) is 0 Å². The Hall–Kier alpha value is -3.36. The average Bonchev–Trinajstić information content (AvgIpc) is 3.07. The van der Waals surface area contributed by atoms with Gasteiger partial charge in [-0.05, 0) is 38.0 Å². The lowest BCUT2D eigenvalue weighted by molar-refractivity contribution is -0.0102. The number of nitrogens with zero attached hydrogens (tertiary/aromatic N) is 5. The summed E-state index contributed by atoms with van der Waals surface area (Å²) in [6, 6.07) is 3.49. The van der Waals surface area contributed by atoms with Gasteiger partial charge in [0.05, 0.1) is 11.8 Å². The number of hydrogen-bond acceptors (Lipinski definition) is 5. The van der Waals surface area contributed by atoms with Gasteiger partial charge in [0.2, 0.25) is 5.92 Å². The molecule has 7 nitrogen and oxygen atoms in total. The quantitative estimate of drug-likeness (QED) is 0.652. The number of halogens is 2. The number of amides is 1. The van der Waals surface area contributed by atoms with Crippen LogP contribution in [0.3, 0.4) is 0 Å². The van der Waals surface area contributed by atoms with E-state index < -0.39 is 5.92 Å². The van der Waals surface area contributed by atoms with Gasteiger partial charge in [0.15, 0.2) is 0 Å². The minimum atomic E-state index is -2.70. The van der Waals surface area contributed by atoms with Crippen LogP contribution in [0.25, 0.3) is 11.1 Å². The Morgan fingerprint density at radius 3 is 2.69 bits per heavy atom. The predicted octanol–water partition coefficient (Wildman–Crippen LogP) is 4.37. The van der Waals surface area contributed by atoms with E-state index in [9.17, 15) is 13.6 Å². The van der Waals surface area contributed by atoms with E-state index in [4.69, 9.17) is 0 Å². The third-order valence-corrected chi connectivity index (χ3v) is 5.73. The van der Waals surface area contributed by atoms with Crippen molar-refractivity contribution in [2.24, 2.45) is 7.05 Å². The first-order valence-corrected chi connectivity index (χ1v) is 10.6. The minimum Gasteiger partial charge on any atom is -0.356 e. The monoisotopic (exact) mass is 440 g/mol. The number of pyridine rings is 2. The van der Waals surface area contributed by atoms with Gasteiger partial charge in [-0.2, -0.15) is 5.10 Å². The zero-order valence-corrected chi connectivity index (χ0v) is 18.4. The summed E-state index contributed by atoms with van der Waals surface area (Å²) in [5.41, 5.74) is 4.10. The number of carbonyl (C=O) groups excluding carboxylic acids is 1. The number of alkyl halides is 2. The highest BCUT2D eigenvalue weighted by Gasteiger charge is 2.33. The van der Waals surface area contributed by atoms with Crippen molar-refractivity contribution in [1.82, 2.24) is 19.7 Å². The molecule has 0 aromatic carbocycles. The van der Waals surface area contributed by atoms with Gasteiger partial charge in [-0.1, -0.05) is 0 Å². The summed E-state index contributed by atoms with van der Waals surface area (Å²) < 4.78 is 29.6. The van der Waals surface area contributed by atoms with Gasteiger partial charge in [-0.15, -0.1) is 0 Å². The van der Waals surface area contributed by atoms with Gasteiger partial charge < -0.3 is 10.2 Å². The molecule has 1 N–H and O–H groups in total.